The average molecular weight is 867 g/mol. The van der Waals surface area contributed by atoms with Gasteiger partial charge in [0.05, 0.1) is 13.0 Å². The molecule has 1 aliphatic rings. The lowest BCUT2D eigenvalue weighted by molar-refractivity contribution is -0.297. The Bertz CT molecular complexity index is 1390. The van der Waals surface area contributed by atoms with Crippen molar-refractivity contribution < 1.29 is 56.8 Å². The van der Waals surface area contributed by atoms with Crippen LogP contribution in [0.5, 0.6) is 0 Å². The van der Waals surface area contributed by atoms with E-state index in [2.05, 4.69) is 62.5 Å². The van der Waals surface area contributed by atoms with Gasteiger partial charge in [-0.05, 0) is 64.2 Å². The van der Waals surface area contributed by atoms with Crippen LogP contribution in [0.15, 0.2) is 72.9 Å². The lowest BCUT2D eigenvalue weighted by Crippen LogP contribution is -2.60. The Morgan fingerprint density at radius 3 is 1.63 bits per heavy atom. The Kier molecular flexibility index (Phi) is 33.7. The van der Waals surface area contributed by atoms with Crippen molar-refractivity contribution in [3.05, 3.63) is 72.9 Å². The van der Waals surface area contributed by atoms with E-state index in [0.717, 1.165) is 57.8 Å². The standard InChI is InChI=1S/C47H78O12S/c1-3-5-7-9-11-13-15-17-19-20-22-23-25-27-29-31-33-35-42(48)56-37-40(38-57-47-46(52)45(51)44(50)41(59-47)39-60(53,54)55)58-43(49)36-34-32-30-28-26-24-21-18-16-14-12-10-8-6-4-2/h6,8,12,14,17-19,21,26,28,32,34,40-41,44-47,50-52H,3-5,7,9-11,13,15-16,20,22-25,27,29-31,33,35-39H2,1-2H3,(H,53,54,55)/b8-6-,14-12-,19-17-,21-18-,28-26-,34-32-. The topological polar surface area (TPSA) is 186 Å². The number of carbonyl (C=O) groups excluding carboxylic acids is 2. The number of allylic oxidation sites excluding steroid dienone is 11. The molecule has 344 valence electrons. The normalized spacial score (nSPS) is 20.8. The van der Waals surface area contributed by atoms with Crippen molar-refractivity contribution in [1.29, 1.82) is 0 Å². The van der Waals surface area contributed by atoms with Gasteiger partial charge in [-0.15, -0.1) is 0 Å². The minimum Gasteiger partial charge on any atom is -0.462 e. The van der Waals surface area contributed by atoms with Crippen LogP contribution in [0, 0.1) is 0 Å². The van der Waals surface area contributed by atoms with Crippen molar-refractivity contribution in [1.82, 2.24) is 0 Å². The summed E-state index contributed by atoms with van der Waals surface area (Å²) in [5.74, 6) is -2.16. The van der Waals surface area contributed by atoms with Crippen molar-refractivity contribution in [2.45, 2.75) is 192 Å². The van der Waals surface area contributed by atoms with Crippen molar-refractivity contribution >= 4 is 22.1 Å². The summed E-state index contributed by atoms with van der Waals surface area (Å²) in [5, 5.41) is 30.8. The number of aliphatic hydroxyl groups is 3. The molecule has 0 radical (unpaired) electrons. The molecule has 0 amide bonds. The summed E-state index contributed by atoms with van der Waals surface area (Å²) in [6, 6.07) is 0. The van der Waals surface area contributed by atoms with Crippen LogP contribution >= 0.6 is 0 Å². The van der Waals surface area contributed by atoms with Gasteiger partial charge in [-0.25, -0.2) is 0 Å². The summed E-state index contributed by atoms with van der Waals surface area (Å²) in [4.78, 5) is 25.3. The molecule has 1 rings (SSSR count). The zero-order valence-corrected chi connectivity index (χ0v) is 37.3. The monoisotopic (exact) mass is 867 g/mol. The molecule has 0 aliphatic carbocycles. The summed E-state index contributed by atoms with van der Waals surface area (Å²) in [6.07, 6.45) is 36.9. The summed E-state index contributed by atoms with van der Waals surface area (Å²) < 4.78 is 53.9. The highest BCUT2D eigenvalue weighted by atomic mass is 32.2. The van der Waals surface area contributed by atoms with E-state index < -0.39 is 71.2 Å². The quantitative estimate of drug-likeness (QED) is 0.0203. The van der Waals surface area contributed by atoms with Crippen molar-refractivity contribution in [3.8, 4) is 0 Å². The first kappa shape index (κ1) is 55.1. The molecule has 0 aromatic carbocycles. The lowest BCUT2D eigenvalue weighted by Gasteiger charge is -2.40. The summed E-state index contributed by atoms with van der Waals surface area (Å²) in [6.45, 7) is 3.54. The molecule has 1 fully saturated rings. The Labute approximate surface area is 361 Å². The van der Waals surface area contributed by atoms with E-state index in [4.69, 9.17) is 18.9 Å². The molecule has 0 bridgehead atoms. The van der Waals surface area contributed by atoms with E-state index in [1.54, 1.807) is 6.08 Å². The zero-order chi connectivity index (χ0) is 44.1. The molecule has 1 saturated heterocycles. The molecule has 0 aromatic rings. The second kappa shape index (κ2) is 36.7. The second-order valence-corrected chi connectivity index (χ2v) is 16.8. The number of hydrogen-bond acceptors (Lipinski definition) is 11. The third kappa shape index (κ3) is 31.0. The van der Waals surface area contributed by atoms with Gasteiger partial charge in [-0.2, -0.15) is 8.42 Å². The molecule has 4 N–H and O–H groups in total. The van der Waals surface area contributed by atoms with Gasteiger partial charge in [-0.3, -0.25) is 14.1 Å². The number of carbonyl (C=O) groups is 2. The SMILES string of the molecule is CC/C=C\C/C=C\C/C=C\C/C=C\C/C=C\CC(=O)OC(COC(=O)CCCCCCCCC/C=C\CCCCCCCC)COC1OC(CS(=O)(=O)O)C(O)C(O)C1O. The zero-order valence-electron chi connectivity index (χ0n) is 36.5. The fourth-order valence-electron chi connectivity index (χ4n) is 6.33. The van der Waals surface area contributed by atoms with Crippen LogP contribution in [0.1, 0.15) is 155 Å². The molecule has 12 nitrogen and oxygen atoms in total. The highest BCUT2D eigenvalue weighted by molar-refractivity contribution is 7.85. The number of rotatable bonds is 36. The highest BCUT2D eigenvalue weighted by Gasteiger charge is 2.46. The third-order valence-electron chi connectivity index (χ3n) is 9.80. The number of hydrogen-bond donors (Lipinski definition) is 4. The fraction of sp³-hybridized carbons (Fsp3) is 0.702. The van der Waals surface area contributed by atoms with E-state index in [-0.39, 0.29) is 19.4 Å². The fourth-order valence-corrected chi connectivity index (χ4v) is 7.02. The van der Waals surface area contributed by atoms with Gasteiger partial charge in [-0.1, -0.05) is 151 Å². The summed E-state index contributed by atoms with van der Waals surface area (Å²) in [5.41, 5.74) is 0. The van der Waals surface area contributed by atoms with Gasteiger partial charge in [0, 0.05) is 6.42 Å². The van der Waals surface area contributed by atoms with Crippen molar-refractivity contribution in [2.75, 3.05) is 19.0 Å². The number of unbranched alkanes of at least 4 members (excludes halogenated alkanes) is 13. The van der Waals surface area contributed by atoms with Crippen LogP contribution in [0.3, 0.4) is 0 Å². The van der Waals surface area contributed by atoms with Crippen LogP contribution in [-0.4, -0.2) is 96.0 Å². The summed E-state index contributed by atoms with van der Waals surface area (Å²) in [7, 11) is -4.62. The van der Waals surface area contributed by atoms with E-state index >= 15 is 0 Å². The maximum Gasteiger partial charge on any atom is 0.310 e. The van der Waals surface area contributed by atoms with E-state index in [0.29, 0.717) is 12.8 Å². The van der Waals surface area contributed by atoms with Gasteiger partial charge in [0.15, 0.2) is 12.4 Å². The molecule has 0 saturated carbocycles. The first-order valence-corrected chi connectivity index (χ1v) is 24.1. The van der Waals surface area contributed by atoms with Crippen molar-refractivity contribution in [2.24, 2.45) is 0 Å². The number of aliphatic hydroxyl groups excluding tert-OH is 3. The predicted octanol–water partition coefficient (Wildman–Crippen LogP) is 9.11. The van der Waals surface area contributed by atoms with Gasteiger partial charge in [0.25, 0.3) is 10.1 Å². The minimum atomic E-state index is -4.62. The maximum atomic E-state index is 12.7. The van der Waals surface area contributed by atoms with Gasteiger partial charge in [0.1, 0.15) is 36.8 Å². The van der Waals surface area contributed by atoms with Gasteiger partial charge < -0.3 is 34.3 Å². The first-order chi connectivity index (χ1) is 29.0. The predicted molar refractivity (Wildman–Crippen MR) is 238 cm³/mol. The molecule has 0 aromatic heterocycles. The molecule has 13 heteroatoms. The molecule has 1 heterocycles. The first-order valence-electron chi connectivity index (χ1n) is 22.5. The van der Waals surface area contributed by atoms with Crippen LogP contribution in [0.25, 0.3) is 0 Å². The van der Waals surface area contributed by atoms with Crippen LogP contribution < -0.4 is 0 Å². The molecule has 1 aliphatic heterocycles. The smallest absolute Gasteiger partial charge is 0.310 e. The Morgan fingerprint density at radius 2 is 1.10 bits per heavy atom. The molecule has 0 spiro atoms. The summed E-state index contributed by atoms with van der Waals surface area (Å²) >= 11 is 0. The highest BCUT2D eigenvalue weighted by Crippen LogP contribution is 2.24. The minimum absolute atomic E-state index is 0.0716. The lowest BCUT2D eigenvalue weighted by atomic mass is 10.00. The van der Waals surface area contributed by atoms with E-state index in [1.807, 2.05) is 18.2 Å². The Balaban J connectivity index is 2.51. The molecule has 60 heavy (non-hydrogen) atoms. The van der Waals surface area contributed by atoms with E-state index in [9.17, 15) is 37.9 Å². The Hall–Kier alpha value is -2.91. The van der Waals surface area contributed by atoms with Crippen LogP contribution in [0.4, 0.5) is 0 Å². The largest absolute Gasteiger partial charge is 0.462 e. The Morgan fingerprint density at radius 1 is 0.600 bits per heavy atom. The van der Waals surface area contributed by atoms with Crippen LogP contribution in [0.2, 0.25) is 0 Å². The van der Waals surface area contributed by atoms with Crippen molar-refractivity contribution in [3.63, 3.8) is 0 Å². The third-order valence-corrected chi connectivity index (χ3v) is 10.6. The molecule has 6 unspecified atom stereocenters. The molecular formula is C47H78O12S. The number of ether oxygens (including phenoxy) is 4. The van der Waals surface area contributed by atoms with Crippen LogP contribution in [-0.2, 0) is 38.7 Å². The van der Waals surface area contributed by atoms with Gasteiger partial charge >= 0.3 is 11.9 Å². The van der Waals surface area contributed by atoms with Gasteiger partial charge in [0.2, 0.25) is 0 Å². The molecular weight excluding hydrogens is 789 g/mol. The van der Waals surface area contributed by atoms with E-state index in [1.165, 1.54) is 57.8 Å². The molecule has 6 atom stereocenters. The second-order valence-electron chi connectivity index (χ2n) is 15.3. The number of esters is 2. The average Bonchev–Trinajstić information content (AvgIpc) is 3.21. The maximum absolute atomic E-state index is 12.7.